The van der Waals surface area contributed by atoms with Gasteiger partial charge in [0.25, 0.3) is 0 Å². The molecule has 18 heavy (non-hydrogen) atoms. The van der Waals surface area contributed by atoms with E-state index in [9.17, 15) is 9.59 Å². The Morgan fingerprint density at radius 1 is 1.50 bits per heavy atom. The standard InChI is InChI=1S/C13H17N3O2/c1-8(7-14)13(18)15-10-3-4-11-9(6-10)2-5-12(17)16-11/h3-4,6,8H,2,5,7,14H2,1H3,(H,15,18)(H,16,17). The van der Waals surface area contributed by atoms with E-state index in [0.29, 0.717) is 19.4 Å². The quantitative estimate of drug-likeness (QED) is 0.748. The summed E-state index contributed by atoms with van der Waals surface area (Å²) >= 11 is 0. The molecule has 5 heteroatoms. The van der Waals surface area contributed by atoms with Crippen molar-refractivity contribution in [2.75, 3.05) is 17.2 Å². The van der Waals surface area contributed by atoms with E-state index in [0.717, 1.165) is 16.9 Å². The monoisotopic (exact) mass is 247 g/mol. The number of anilines is 2. The Morgan fingerprint density at radius 3 is 3.00 bits per heavy atom. The van der Waals surface area contributed by atoms with Crippen LogP contribution in [0, 0.1) is 5.92 Å². The van der Waals surface area contributed by atoms with Crippen molar-refractivity contribution in [3.8, 4) is 0 Å². The highest BCUT2D eigenvalue weighted by molar-refractivity contribution is 5.96. The zero-order valence-corrected chi connectivity index (χ0v) is 10.3. The molecule has 0 spiro atoms. The zero-order chi connectivity index (χ0) is 13.1. The van der Waals surface area contributed by atoms with Crippen LogP contribution >= 0.6 is 0 Å². The molecule has 5 nitrogen and oxygen atoms in total. The number of benzene rings is 1. The number of rotatable bonds is 3. The summed E-state index contributed by atoms with van der Waals surface area (Å²) in [5.74, 6) is -0.255. The lowest BCUT2D eigenvalue weighted by Crippen LogP contribution is -2.27. The summed E-state index contributed by atoms with van der Waals surface area (Å²) in [4.78, 5) is 22.9. The molecule has 0 saturated heterocycles. The van der Waals surface area contributed by atoms with Crippen LogP contribution in [0.2, 0.25) is 0 Å². The molecule has 0 aromatic heterocycles. The second-order valence-electron chi connectivity index (χ2n) is 4.55. The van der Waals surface area contributed by atoms with Gasteiger partial charge in [0.15, 0.2) is 0 Å². The van der Waals surface area contributed by atoms with Gasteiger partial charge in [0, 0.05) is 30.3 Å². The SMILES string of the molecule is CC(CN)C(=O)Nc1ccc2c(c1)CCC(=O)N2. The molecule has 2 amide bonds. The number of hydrogen-bond acceptors (Lipinski definition) is 3. The molecule has 1 unspecified atom stereocenters. The first kappa shape index (κ1) is 12.6. The van der Waals surface area contributed by atoms with Gasteiger partial charge in [-0.25, -0.2) is 0 Å². The number of nitrogens with two attached hydrogens (primary N) is 1. The van der Waals surface area contributed by atoms with Crippen LogP contribution in [-0.2, 0) is 16.0 Å². The number of hydrogen-bond donors (Lipinski definition) is 3. The number of amides is 2. The van der Waals surface area contributed by atoms with Crippen molar-refractivity contribution in [1.82, 2.24) is 0 Å². The highest BCUT2D eigenvalue weighted by atomic mass is 16.2. The Kier molecular flexibility index (Phi) is 3.62. The Hall–Kier alpha value is -1.88. The average molecular weight is 247 g/mol. The smallest absolute Gasteiger partial charge is 0.228 e. The van der Waals surface area contributed by atoms with Crippen LogP contribution in [0.3, 0.4) is 0 Å². The molecule has 96 valence electrons. The molecule has 1 heterocycles. The fraction of sp³-hybridized carbons (Fsp3) is 0.385. The minimum absolute atomic E-state index is 0.0380. The van der Waals surface area contributed by atoms with Gasteiger partial charge in [0.2, 0.25) is 11.8 Å². The van der Waals surface area contributed by atoms with Gasteiger partial charge in [0.05, 0.1) is 0 Å². The number of aryl methyl sites for hydroxylation is 1. The van der Waals surface area contributed by atoms with E-state index in [1.165, 1.54) is 0 Å². The van der Waals surface area contributed by atoms with Crippen LogP contribution in [0.4, 0.5) is 11.4 Å². The largest absolute Gasteiger partial charge is 0.330 e. The maximum Gasteiger partial charge on any atom is 0.228 e. The number of carbonyl (C=O) groups excluding carboxylic acids is 2. The van der Waals surface area contributed by atoms with Crippen LogP contribution in [0.25, 0.3) is 0 Å². The predicted molar refractivity (Wildman–Crippen MR) is 70.2 cm³/mol. The van der Waals surface area contributed by atoms with E-state index in [2.05, 4.69) is 10.6 Å². The van der Waals surface area contributed by atoms with Crippen molar-refractivity contribution in [3.05, 3.63) is 23.8 Å². The zero-order valence-electron chi connectivity index (χ0n) is 10.3. The second kappa shape index (κ2) is 5.18. The molecule has 1 aromatic carbocycles. The number of carbonyl (C=O) groups is 2. The van der Waals surface area contributed by atoms with Gasteiger partial charge in [-0.3, -0.25) is 9.59 Å². The molecule has 0 aliphatic carbocycles. The molecular formula is C13H17N3O2. The summed E-state index contributed by atoms with van der Waals surface area (Å²) in [6.07, 6.45) is 1.20. The lowest BCUT2D eigenvalue weighted by atomic mass is 10.0. The van der Waals surface area contributed by atoms with Crippen LogP contribution in [0.1, 0.15) is 18.9 Å². The topological polar surface area (TPSA) is 84.2 Å². The lowest BCUT2D eigenvalue weighted by Gasteiger charge is -2.18. The maximum atomic E-state index is 11.7. The summed E-state index contributed by atoms with van der Waals surface area (Å²) in [5, 5.41) is 5.62. The summed E-state index contributed by atoms with van der Waals surface area (Å²) in [7, 11) is 0. The summed E-state index contributed by atoms with van der Waals surface area (Å²) in [6, 6.07) is 5.50. The van der Waals surface area contributed by atoms with Crippen molar-refractivity contribution in [2.24, 2.45) is 11.7 Å². The molecule has 1 atom stereocenters. The average Bonchev–Trinajstić information content (AvgIpc) is 2.38. The third kappa shape index (κ3) is 2.68. The van der Waals surface area contributed by atoms with Gasteiger partial charge in [0.1, 0.15) is 0 Å². The minimum atomic E-state index is -0.208. The van der Waals surface area contributed by atoms with Gasteiger partial charge in [-0.15, -0.1) is 0 Å². The molecule has 0 radical (unpaired) electrons. The van der Waals surface area contributed by atoms with Crippen LogP contribution in [-0.4, -0.2) is 18.4 Å². The van der Waals surface area contributed by atoms with Gasteiger partial charge in [-0.05, 0) is 30.2 Å². The molecule has 0 bridgehead atoms. The van der Waals surface area contributed by atoms with Crippen molar-refractivity contribution in [3.63, 3.8) is 0 Å². The predicted octanol–water partition coefficient (Wildman–Crippen LogP) is 1.10. The molecule has 4 N–H and O–H groups in total. The molecule has 1 aliphatic rings. The highest BCUT2D eigenvalue weighted by Crippen LogP contribution is 2.25. The fourth-order valence-electron chi connectivity index (χ4n) is 1.83. The fourth-order valence-corrected chi connectivity index (χ4v) is 1.83. The third-order valence-corrected chi connectivity index (χ3v) is 3.07. The van der Waals surface area contributed by atoms with Crippen LogP contribution < -0.4 is 16.4 Å². The van der Waals surface area contributed by atoms with Gasteiger partial charge in [-0.1, -0.05) is 6.92 Å². The summed E-state index contributed by atoms with van der Waals surface area (Å²) < 4.78 is 0. The van der Waals surface area contributed by atoms with Crippen molar-refractivity contribution in [2.45, 2.75) is 19.8 Å². The van der Waals surface area contributed by atoms with E-state index < -0.39 is 0 Å². The van der Waals surface area contributed by atoms with Gasteiger partial charge >= 0.3 is 0 Å². The molecule has 0 fully saturated rings. The molecule has 0 saturated carbocycles. The van der Waals surface area contributed by atoms with Crippen molar-refractivity contribution >= 4 is 23.2 Å². The van der Waals surface area contributed by atoms with E-state index in [4.69, 9.17) is 5.73 Å². The maximum absolute atomic E-state index is 11.7. The Balaban J connectivity index is 2.12. The third-order valence-electron chi connectivity index (χ3n) is 3.07. The Labute approximate surface area is 106 Å². The Bertz CT molecular complexity index is 485. The Morgan fingerprint density at radius 2 is 2.28 bits per heavy atom. The number of fused-ring (bicyclic) bond motifs is 1. The van der Waals surface area contributed by atoms with E-state index >= 15 is 0 Å². The molecular weight excluding hydrogens is 230 g/mol. The molecule has 1 aromatic rings. The van der Waals surface area contributed by atoms with Crippen molar-refractivity contribution in [1.29, 1.82) is 0 Å². The van der Waals surface area contributed by atoms with Gasteiger partial charge in [-0.2, -0.15) is 0 Å². The first-order chi connectivity index (χ1) is 8.60. The first-order valence-corrected chi connectivity index (χ1v) is 6.04. The second-order valence-corrected chi connectivity index (χ2v) is 4.55. The van der Waals surface area contributed by atoms with Crippen LogP contribution in [0.5, 0.6) is 0 Å². The highest BCUT2D eigenvalue weighted by Gasteiger charge is 2.16. The number of nitrogens with one attached hydrogen (secondary N) is 2. The minimum Gasteiger partial charge on any atom is -0.330 e. The normalized spacial score (nSPS) is 15.6. The molecule has 2 rings (SSSR count). The van der Waals surface area contributed by atoms with Gasteiger partial charge < -0.3 is 16.4 Å². The lowest BCUT2D eigenvalue weighted by molar-refractivity contribution is -0.119. The van der Waals surface area contributed by atoms with Crippen LogP contribution in [0.15, 0.2) is 18.2 Å². The summed E-state index contributed by atoms with van der Waals surface area (Å²) in [6.45, 7) is 2.11. The van der Waals surface area contributed by atoms with Crippen molar-refractivity contribution < 1.29 is 9.59 Å². The molecule has 1 aliphatic heterocycles. The van der Waals surface area contributed by atoms with E-state index in [-0.39, 0.29) is 17.7 Å². The van der Waals surface area contributed by atoms with E-state index in [1.54, 1.807) is 13.0 Å². The summed E-state index contributed by atoms with van der Waals surface area (Å²) in [5.41, 5.74) is 8.07. The first-order valence-electron chi connectivity index (χ1n) is 6.04. The van der Waals surface area contributed by atoms with E-state index in [1.807, 2.05) is 12.1 Å².